The van der Waals surface area contributed by atoms with Gasteiger partial charge in [-0.2, -0.15) is 0 Å². The van der Waals surface area contributed by atoms with Crippen LogP contribution in [0.25, 0.3) is 0 Å². The zero-order valence-corrected chi connectivity index (χ0v) is 10.6. The van der Waals surface area contributed by atoms with Crippen LogP contribution in [0.3, 0.4) is 0 Å². The highest BCUT2D eigenvalue weighted by Crippen LogP contribution is 2.12. The maximum Gasteiger partial charge on any atom is 0.319 e. The Morgan fingerprint density at radius 1 is 1.37 bits per heavy atom. The third kappa shape index (κ3) is 5.85. The van der Waals surface area contributed by atoms with Gasteiger partial charge in [0.1, 0.15) is 5.82 Å². The van der Waals surface area contributed by atoms with Gasteiger partial charge in [-0.15, -0.1) is 0 Å². The molecule has 0 spiro atoms. The lowest BCUT2D eigenvalue weighted by molar-refractivity contribution is -0.137. The molecule has 0 radical (unpaired) electrons. The second-order valence-electron chi connectivity index (χ2n) is 4.35. The molecule has 1 rings (SSSR count). The van der Waals surface area contributed by atoms with Crippen LogP contribution in [0.1, 0.15) is 19.8 Å². The first kappa shape index (κ1) is 14.9. The molecule has 0 fully saturated rings. The van der Waals surface area contributed by atoms with E-state index < -0.39 is 17.8 Å². The van der Waals surface area contributed by atoms with Gasteiger partial charge in [0.25, 0.3) is 0 Å². The van der Waals surface area contributed by atoms with E-state index in [0.29, 0.717) is 13.0 Å². The molecule has 6 heteroatoms. The van der Waals surface area contributed by atoms with Crippen LogP contribution in [0.2, 0.25) is 0 Å². The van der Waals surface area contributed by atoms with E-state index >= 15 is 0 Å². The molecule has 19 heavy (non-hydrogen) atoms. The number of carbonyl (C=O) groups is 2. The summed E-state index contributed by atoms with van der Waals surface area (Å²) in [5.41, 5.74) is 0.109. The molecule has 0 aliphatic rings. The van der Waals surface area contributed by atoms with Crippen molar-refractivity contribution in [3.63, 3.8) is 0 Å². The van der Waals surface area contributed by atoms with Gasteiger partial charge in [-0.1, -0.05) is 19.1 Å². The Bertz CT molecular complexity index is 451. The van der Waals surface area contributed by atoms with E-state index in [2.05, 4.69) is 10.6 Å². The minimum atomic E-state index is -0.859. The van der Waals surface area contributed by atoms with Crippen molar-refractivity contribution in [3.05, 3.63) is 30.1 Å². The van der Waals surface area contributed by atoms with Crippen LogP contribution >= 0.6 is 0 Å². The Kier molecular flexibility index (Phi) is 5.78. The molecule has 1 aromatic carbocycles. The minimum Gasteiger partial charge on any atom is -0.481 e. The highest BCUT2D eigenvalue weighted by Gasteiger charge is 2.09. The molecule has 0 aromatic heterocycles. The Morgan fingerprint density at radius 3 is 2.68 bits per heavy atom. The Labute approximate surface area is 110 Å². The first-order valence-corrected chi connectivity index (χ1v) is 6.00. The fourth-order valence-corrected chi connectivity index (χ4v) is 1.47. The van der Waals surface area contributed by atoms with E-state index in [1.165, 1.54) is 18.2 Å². The van der Waals surface area contributed by atoms with Crippen molar-refractivity contribution in [3.8, 4) is 0 Å². The molecule has 3 N–H and O–H groups in total. The monoisotopic (exact) mass is 268 g/mol. The molecule has 0 heterocycles. The number of benzene rings is 1. The number of carboxylic acid groups (broad SMARTS) is 1. The third-order valence-corrected chi connectivity index (χ3v) is 2.58. The Balaban J connectivity index is 2.32. The quantitative estimate of drug-likeness (QED) is 0.741. The summed E-state index contributed by atoms with van der Waals surface area (Å²) in [5.74, 6) is -1.32. The van der Waals surface area contributed by atoms with Gasteiger partial charge in [-0.05, 0) is 24.5 Å². The predicted molar refractivity (Wildman–Crippen MR) is 69.5 cm³/mol. The fraction of sp³-hybridized carbons (Fsp3) is 0.385. The predicted octanol–water partition coefficient (Wildman–Crippen LogP) is 2.45. The van der Waals surface area contributed by atoms with Crippen LogP contribution in [-0.2, 0) is 4.79 Å². The normalized spacial score (nSPS) is 11.7. The Hall–Kier alpha value is -2.11. The van der Waals surface area contributed by atoms with Gasteiger partial charge in [-0.25, -0.2) is 9.18 Å². The van der Waals surface area contributed by atoms with Crippen molar-refractivity contribution in [2.24, 2.45) is 5.92 Å². The van der Waals surface area contributed by atoms with Crippen LogP contribution in [0.5, 0.6) is 0 Å². The summed E-state index contributed by atoms with van der Waals surface area (Å²) in [7, 11) is 0. The van der Waals surface area contributed by atoms with Gasteiger partial charge in [-0.3, -0.25) is 4.79 Å². The number of aliphatic carboxylic acids is 1. The number of carboxylic acids is 1. The number of amides is 2. The van der Waals surface area contributed by atoms with E-state index in [1.54, 1.807) is 6.07 Å². The summed E-state index contributed by atoms with van der Waals surface area (Å²) in [6.07, 6.45) is 0.549. The van der Waals surface area contributed by atoms with Gasteiger partial charge in [0.15, 0.2) is 0 Å². The molecule has 0 bridgehead atoms. The lowest BCUT2D eigenvalue weighted by Gasteiger charge is -2.12. The second-order valence-corrected chi connectivity index (χ2v) is 4.35. The fourth-order valence-electron chi connectivity index (χ4n) is 1.47. The molecule has 104 valence electrons. The van der Waals surface area contributed by atoms with Crippen molar-refractivity contribution in [2.75, 3.05) is 11.9 Å². The third-order valence-electron chi connectivity index (χ3n) is 2.58. The van der Waals surface area contributed by atoms with Crippen molar-refractivity contribution in [2.45, 2.75) is 19.8 Å². The Morgan fingerprint density at radius 2 is 2.05 bits per heavy atom. The molecular weight excluding hydrogens is 251 g/mol. The number of rotatable bonds is 6. The van der Waals surface area contributed by atoms with E-state index in [4.69, 9.17) is 5.11 Å². The number of nitrogens with one attached hydrogen (secondary N) is 2. The number of halogens is 1. The molecule has 2 amide bonds. The number of carbonyl (C=O) groups excluding carboxylic acids is 1. The molecule has 1 unspecified atom stereocenters. The van der Waals surface area contributed by atoms with Crippen molar-refractivity contribution >= 4 is 17.7 Å². The van der Waals surface area contributed by atoms with Crippen LogP contribution in [-0.4, -0.2) is 23.7 Å². The van der Waals surface area contributed by atoms with Crippen LogP contribution < -0.4 is 10.6 Å². The molecule has 0 saturated heterocycles. The highest BCUT2D eigenvalue weighted by molar-refractivity contribution is 5.89. The number of para-hydroxylation sites is 1. The zero-order valence-electron chi connectivity index (χ0n) is 10.6. The summed E-state index contributed by atoms with van der Waals surface area (Å²) >= 11 is 0. The number of hydrogen-bond donors (Lipinski definition) is 3. The summed E-state index contributed by atoms with van der Waals surface area (Å²) < 4.78 is 13.3. The standard InChI is InChI=1S/C13H17FN2O3/c1-9(6-7-12(17)18)8-15-13(19)16-11-5-3-2-4-10(11)14/h2-5,9H,6-8H2,1H3,(H,17,18)(H2,15,16,19). The van der Waals surface area contributed by atoms with Gasteiger partial charge in [0.2, 0.25) is 0 Å². The van der Waals surface area contributed by atoms with Gasteiger partial charge in [0, 0.05) is 13.0 Å². The lowest BCUT2D eigenvalue weighted by atomic mass is 10.1. The van der Waals surface area contributed by atoms with Crippen molar-refractivity contribution in [1.82, 2.24) is 5.32 Å². The molecule has 5 nitrogen and oxygen atoms in total. The molecule has 0 aliphatic carbocycles. The van der Waals surface area contributed by atoms with Crippen molar-refractivity contribution < 1.29 is 19.1 Å². The lowest BCUT2D eigenvalue weighted by Crippen LogP contribution is -2.32. The van der Waals surface area contributed by atoms with E-state index in [-0.39, 0.29) is 18.0 Å². The first-order chi connectivity index (χ1) is 8.99. The number of urea groups is 1. The van der Waals surface area contributed by atoms with Crippen LogP contribution in [0.15, 0.2) is 24.3 Å². The average Bonchev–Trinajstić information content (AvgIpc) is 2.36. The SMILES string of the molecule is CC(CCC(=O)O)CNC(=O)Nc1ccccc1F. The topological polar surface area (TPSA) is 78.4 Å². The van der Waals surface area contributed by atoms with Gasteiger partial charge >= 0.3 is 12.0 Å². The minimum absolute atomic E-state index is 0.0440. The molecule has 0 aliphatic heterocycles. The molecule has 1 atom stereocenters. The molecular formula is C13H17FN2O3. The maximum absolute atomic E-state index is 13.3. The zero-order chi connectivity index (χ0) is 14.3. The van der Waals surface area contributed by atoms with E-state index in [0.717, 1.165) is 0 Å². The maximum atomic E-state index is 13.3. The number of anilines is 1. The average molecular weight is 268 g/mol. The highest BCUT2D eigenvalue weighted by atomic mass is 19.1. The summed E-state index contributed by atoms with van der Waals surface area (Å²) in [4.78, 5) is 21.9. The smallest absolute Gasteiger partial charge is 0.319 e. The van der Waals surface area contributed by atoms with Crippen molar-refractivity contribution in [1.29, 1.82) is 0 Å². The number of hydrogen-bond acceptors (Lipinski definition) is 2. The van der Waals surface area contributed by atoms with Gasteiger partial charge in [0.05, 0.1) is 5.69 Å². The summed E-state index contributed by atoms with van der Waals surface area (Å²) in [6, 6.07) is 5.36. The van der Waals surface area contributed by atoms with Crippen LogP contribution in [0, 0.1) is 11.7 Å². The summed E-state index contributed by atoms with van der Waals surface area (Å²) in [5, 5.41) is 13.5. The molecule has 0 saturated carbocycles. The second kappa shape index (κ2) is 7.35. The largest absolute Gasteiger partial charge is 0.481 e. The first-order valence-electron chi connectivity index (χ1n) is 6.00. The van der Waals surface area contributed by atoms with E-state index in [9.17, 15) is 14.0 Å². The van der Waals surface area contributed by atoms with Gasteiger partial charge < -0.3 is 15.7 Å². The summed E-state index contributed by atoms with van der Waals surface area (Å²) in [6.45, 7) is 2.18. The molecule has 1 aromatic rings. The van der Waals surface area contributed by atoms with E-state index in [1.807, 2.05) is 6.92 Å². The van der Waals surface area contributed by atoms with Crippen LogP contribution in [0.4, 0.5) is 14.9 Å².